The number of benzene rings is 1. The smallest absolute Gasteiger partial charge is 0.118 e. The summed E-state index contributed by atoms with van der Waals surface area (Å²) in [5.74, 6) is 0.723. The van der Waals surface area contributed by atoms with Crippen LogP contribution in [0.1, 0.15) is 18.9 Å². The maximum Gasteiger partial charge on any atom is 0.118 e. The van der Waals surface area contributed by atoms with Gasteiger partial charge in [-0.25, -0.2) is 0 Å². The summed E-state index contributed by atoms with van der Waals surface area (Å²) in [5.41, 5.74) is 1.07. The van der Waals surface area contributed by atoms with Gasteiger partial charge in [0.15, 0.2) is 0 Å². The molecule has 1 aromatic rings. The first-order chi connectivity index (χ1) is 8.67. The lowest BCUT2D eigenvalue weighted by atomic mass is 10.0. The predicted molar refractivity (Wildman–Crippen MR) is 69.5 cm³/mol. The SMILES string of the molecule is COc1ccc(COCC[C@H](O)[C@@H](C)CO)cc1. The van der Waals surface area contributed by atoms with Crippen molar-refractivity contribution in [2.24, 2.45) is 5.92 Å². The molecule has 0 bridgehead atoms. The maximum atomic E-state index is 9.63. The third-order valence-electron chi connectivity index (χ3n) is 2.93. The first-order valence-corrected chi connectivity index (χ1v) is 6.17. The normalized spacial score (nSPS) is 14.2. The van der Waals surface area contributed by atoms with Gasteiger partial charge in [-0.3, -0.25) is 0 Å². The van der Waals surface area contributed by atoms with E-state index < -0.39 is 6.10 Å². The largest absolute Gasteiger partial charge is 0.497 e. The number of hydrogen-bond donors (Lipinski definition) is 2. The van der Waals surface area contributed by atoms with Crippen molar-refractivity contribution in [2.75, 3.05) is 20.3 Å². The van der Waals surface area contributed by atoms with Crippen molar-refractivity contribution >= 4 is 0 Å². The third kappa shape index (κ3) is 5.04. The lowest BCUT2D eigenvalue weighted by Crippen LogP contribution is -2.22. The molecule has 1 aromatic carbocycles. The lowest BCUT2D eigenvalue weighted by Gasteiger charge is -2.16. The van der Waals surface area contributed by atoms with Gasteiger partial charge in [-0.05, 0) is 24.1 Å². The fourth-order valence-corrected chi connectivity index (χ4v) is 1.52. The third-order valence-corrected chi connectivity index (χ3v) is 2.93. The molecule has 0 aliphatic rings. The van der Waals surface area contributed by atoms with Gasteiger partial charge in [-0.2, -0.15) is 0 Å². The molecule has 0 saturated carbocycles. The zero-order chi connectivity index (χ0) is 13.4. The van der Waals surface area contributed by atoms with E-state index in [2.05, 4.69) is 0 Å². The number of rotatable bonds is 8. The Bertz CT molecular complexity index is 323. The van der Waals surface area contributed by atoms with Crippen LogP contribution in [0.15, 0.2) is 24.3 Å². The van der Waals surface area contributed by atoms with Crippen LogP contribution in [-0.4, -0.2) is 36.6 Å². The van der Waals surface area contributed by atoms with Gasteiger partial charge in [0, 0.05) is 19.1 Å². The van der Waals surface area contributed by atoms with E-state index in [0.717, 1.165) is 11.3 Å². The number of aliphatic hydroxyl groups excluding tert-OH is 2. The van der Waals surface area contributed by atoms with Crippen LogP contribution in [0.25, 0.3) is 0 Å². The molecule has 0 heterocycles. The highest BCUT2D eigenvalue weighted by Gasteiger charge is 2.12. The molecule has 0 aromatic heterocycles. The second kappa shape index (κ2) is 8.08. The Morgan fingerprint density at radius 1 is 1.22 bits per heavy atom. The van der Waals surface area contributed by atoms with Gasteiger partial charge in [-0.15, -0.1) is 0 Å². The summed E-state index contributed by atoms with van der Waals surface area (Å²) in [6, 6.07) is 7.68. The second-order valence-electron chi connectivity index (χ2n) is 4.42. The number of aliphatic hydroxyl groups is 2. The van der Waals surface area contributed by atoms with Crippen LogP contribution in [0.3, 0.4) is 0 Å². The van der Waals surface area contributed by atoms with Gasteiger partial charge in [0.05, 0.1) is 19.8 Å². The molecule has 0 radical (unpaired) electrons. The highest BCUT2D eigenvalue weighted by atomic mass is 16.5. The topological polar surface area (TPSA) is 58.9 Å². The zero-order valence-electron chi connectivity index (χ0n) is 11.0. The highest BCUT2D eigenvalue weighted by Crippen LogP contribution is 2.12. The molecule has 0 amide bonds. The van der Waals surface area contributed by atoms with Crippen molar-refractivity contribution in [1.29, 1.82) is 0 Å². The van der Waals surface area contributed by atoms with Crippen LogP contribution in [0.2, 0.25) is 0 Å². The summed E-state index contributed by atoms with van der Waals surface area (Å²) in [6.07, 6.45) is 0.0311. The predicted octanol–water partition coefficient (Wildman–Crippen LogP) is 1.59. The van der Waals surface area contributed by atoms with Crippen LogP contribution >= 0.6 is 0 Å². The Morgan fingerprint density at radius 2 is 1.89 bits per heavy atom. The number of methoxy groups -OCH3 is 1. The minimum Gasteiger partial charge on any atom is -0.497 e. The molecule has 4 heteroatoms. The molecule has 4 nitrogen and oxygen atoms in total. The average Bonchev–Trinajstić information content (AvgIpc) is 2.43. The Balaban J connectivity index is 2.21. The van der Waals surface area contributed by atoms with E-state index in [9.17, 15) is 5.11 Å². The molecular weight excluding hydrogens is 232 g/mol. The molecule has 18 heavy (non-hydrogen) atoms. The molecule has 0 unspecified atom stereocenters. The Hall–Kier alpha value is -1.10. The molecule has 102 valence electrons. The van der Waals surface area contributed by atoms with Crippen LogP contribution in [-0.2, 0) is 11.3 Å². The molecule has 0 aliphatic carbocycles. The summed E-state index contributed by atoms with van der Waals surface area (Å²) in [6.45, 7) is 2.82. The fraction of sp³-hybridized carbons (Fsp3) is 0.571. The van der Waals surface area contributed by atoms with Crippen LogP contribution in [0.4, 0.5) is 0 Å². The molecule has 1 rings (SSSR count). The lowest BCUT2D eigenvalue weighted by molar-refractivity contribution is 0.0325. The molecule has 2 N–H and O–H groups in total. The van der Waals surface area contributed by atoms with Crippen molar-refractivity contribution < 1.29 is 19.7 Å². The molecule has 0 spiro atoms. The molecule has 2 atom stereocenters. The number of hydrogen-bond acceptors (Lipinski definition) is 4. The average molecular weight is 254 g/mol. The van der Waals surface area contributed by atoms with Gasteiger partial charge in [0.25, 0.3) is 0 Å². The van der Waals surface area contributed by atoms with Crippen molar-refractivity contribution in [2.45, 2.75) is 26.1 Å². The van der Waals surface area contributed by atoms with E-state index >= 15 is 0 Å². The van der Waals surface area contributed by atoms with Crippen molar-refractivity contribution in [3.05, 3.63) is 29.8 Å². The van der Waals surface area contributed by atoms with E-state index in [1.54, 1.807) is 7.11 Å². The van der Waals surface area contributed by atoms with Gasteiger partial charge in [0.2, 0.25) is 0 Å². The summed E-state index contributed by atoms with van der Waals surface area (Å²) in [7, 11) is 1.63. The summed E-state index contributed by atoms with van der Waals surface area (Å²) < 4.78 is 10.5. The zero-order valence-corrected chi connectivity index (χ0v) is 11.0. The van der Waals surface area contributed by atoms with E-state index in [4.69, 9.17) is 14.6 Å². The van der Waals surface area contributed by atoms with Gasteiger partial charge >= 0.3 is 0 Å². The molecule has 0 fully saturated rings. The van der Waals surface area contributed by atoms with E-state index in [1.165, 1.54) is 0 Å². The second-order valence-corrected chi connectivity index (χ2v) is 4.42. The van der Waals surface area contributed by atoms with Crippen LogP contribution < -0.4 is 4.74 Å². The Kier molecular flexibility index (Phi) is 6.72. The van der Waals surface area contributed by atoms with Crippen molar-refractivity contribution in [3.8, 4) is 5.75 Å². The van der Waals surface area contributed by atoms with Crippen molar-refractivity contribution in [1.82, 2.24) is 0 Å². The Labute approximate surface area is 108 Å². The molecule has 0 saturated heterocycles. The van der Waals surface area contributed by atoms with Crippen molar-refractivity contribution in [3.63, 3.8) is 0 Å². The molecular formula is C14H22O4. The Morgan fingerprint density at radius 3 is 2.44 bits per heavy atom. The highest BCUT2D eigenvalue weighted by molar-refractivity contribution is 5.26. The van der Waals surface area contributed by atoms with Gasteiger partial charge in [-0.1, -0.05) is 19.1 Å². The summed E-state index contributed by atoms with van der Waals surface area (Å²) in [4.78, 5) is 0. The minimum atomic E-state index is -0.508. The monoisotopic (exact) mass is 254 g/mol. The number of ether oxygens (including phenoxy) is 2. The fourth-order valence-electron chi connectivity index (χ4n) is 1.52. The summed E-state index contributed by atoms with van der Waals surface area (Å²) >= 11 is 0. The quantitative estimate of drug-likeness (QED) is 0.692. The van der Waals surface area contributed by atoms with Gasteiger partial charge < -0.3 is 19.7 Å². The van der Waals surface area contributed by atoms with E-state index in [1.807, 2.05) is 31.2 Å². The first kappa shape index (κ1) is 15.0. The molecule has 0 aliphatic heterocycles. The van der Waals surface area contributed by atoms with Crippen LogP contribution in [0.5, 0.6) is 5.75 Å². The van der Waals surface area contributed by atoms with Gasteiger partial charge in [0.1, 0.15) is 5.75 Å². The standard InChI is InChI=1S/C14H22O4/c1-11(9-15)14(16)7-8-18-10-12-3-5-13(17-2)6-4-12/h3-6,11,14-16H,7-10H2,1-2H3/t11-,14-/m0/s1. The summed E-state index contributed by atoms with van der Waals surface area (Å²) in [5, 5.41) is 18.5. The minimum absolute atomic E-state index is 0.000351. The van der Waals surface area contributed by atoms with E-state index in [-0.39, 0.29) is 12.5 Å². The first-order valence-electron chi connectivity index (χ1n) is 6.17. The maximum absolute atomic E-state index is 9.63. The van der Waals surface area contributed by atoms with Crippen LogP contribution in [0, 0.1) is 5.92 Å². The van der Waals surface area contributed by atoms with E-state index in [0.29, 0.717) is 19.6 Å².